The maximum absolute atomic E-state index is 14.1. The number of hydrogen-bond acceptors (Lipinski definition) is 7. The number of amides is 2. The third-order valence-corrected chi connectivity index (χ3v) is 7.15. The number of carbonyl (C=O) groups is 2. The van der Waals surface area contributed by atoms with Crippen LogP contribution in [0.4, 0.5) is 0 Å². The average Bonchev–Trinajstić information content (AvgIpc) is 3.59. The van der Waals surface area contributed by atoms with E-state index in [0.29, 0.717) is 28.3 Å². The Bertz CT molecular complexity index is 1510. The molecule has 0 aliphatic carbocycles. The Labute approximate surface area is 232 Å². The van der Waals surface area contributed by atoms with Crippen LogP contribution in [-0.2, 0) is 22.7 Å². The van der Waals surface area contributed by atoms with E-state index in [1.807, 2.05) is 75.4 Å². The van der Waals surface area contributed by atoms with Gasteiger partial charge in [0.1, 0.15) is 23.9 Å². The first-order valence-electron chi connectivity index (χ1n) is 13.2. The number of ether oxygens (including phenoxy) is 3. The molecule has 2 heterocycles. The molecule has 0 spiro atoms. The standard InChI is InChI=1S/C30H33N5O5/c1-5-30(2,3)31-29(37)28(21-11-13-22(38-4)14-12-21)34(17-20-10-15-25-26(16-20)40-19-39-25)27(36)18-35-24-9-7-6-8-23(24)32-33-35/h6-16,28H,5,17-19H2,1-4H3,(H,31,37)/t28-/m0/s1. The highest BCUT2D eigenvalue weighted by Gasteiger charge is 2.34. The number of rotatable bonds is 10. The summed E-state index contributed by atoms with van der Waals surface area (Å²) in [7, 11) is 1.58. The number of methoxy groups -OCH3 is 1. The minimum Gasteiger partial charge on any atom is -0.497 e. The molecule has 4 aromatic rings. The van der Waals surface area contributed by atoms with Crippen molar-refractivity contribution in [3.63, 3.8) is 0 Å². The molecule has 0 saturated heterocycles. The first kappa shape index (κ1) is 27.0. The van der Waals surface area contributed by atoms with Gasteiger partial charge in [0.2, 0.25) is 18.6 Å². The Morgan fingerprint density at radius 1 is 1.07 bits per heavy atom. The molecule has 2 amide bonds. The van der Waals surface area contributed by atoms with E-state index < -0.39 is 11.6 Å². The summed E-state index contributed by atoms with van der Waals surface area (Å²) >= 11 is 0. The molecule has 40 heavy (non-hydrogen) atoms. The minimum absolute atomic E-state index is 0.0951. The Kier molecular flexibility index (Phi) is 7.59. The summed E-state index contributed by atoms with van der Waals surface area (Å²) in [5.74, 6) is 1.32. The molecular formula is C30H33N5O5. The van der Waals surface area contributed by atoms with Crippen molar-refractivity contribution in [1.82, 2.24) is 25.2 Å². The van der Waals surface area contributed by atoms with Crippen LogP contribution in [0.25, 0.3) is 11.0 Å². The van der Waals surface area contributed by atoms with Crippen LogP contribution >= 0.6 is 0 Å². The van der Waals surface area contributed by atoms with Gasteiger partial charge in [-0.1, -0.05) is 42.5 Å². The van der Waals surface area contributed by atoms with Crippen LogP contribution < -0.4 is 19.5 Å². The van der Waals surface area contributed by atoms with Crippen molar-refractivity contribution in [2.45, 2.75) is 51.9 Å². The van der Waals surface area contributed by atoms with Crippen LogP contribution in [0.1, 0.15) is 44.4 Å². The van der Waals surface area contributed by atoms with Crippen LogP contribution in [0.5, 0.6) is 17.2 Å². The molecule has 1 aliphatic heterocycles. The zero-order chi connectivity index (χ0) is 28.3. The molecule has 3 aromatic carbocycles. The molecule has 1 N–H and O–H groups in total. The number of aromatic nitrogens is 3. The molecule has 0 radical (unpaired) electrons. The lowest BCUT2D eigenvalue weighted by atomic mass is 9.98. The fraction of sp³-hybridized carbons (Fsp3) is 0.333. The van der Waals surface area contributed by atoms with Gasteiger partial charge in [-0.15, -0.1) is 5.10 Å². The van der Waals surface area contributed by atoms with Gasteiger partial charge in [-0.25, -0.2) is 4.68 Å². The first-order chi connectivity index (χ1) is 19.3. The number of hydrogen-bond donors (Lipinski definition) is 1. The maximum atomic E-state index is 14.1. The van der Waals surface area contributed by atoms with Gasteiger partial charge in [-0.3, -0.25) is 9.59 Å². The number of nitrogens with one attached hydrogen (secondary N) is 1. The van der Waals surface area contributed by atoms with Crippen molar-refractivity contribution in [3.05, 3.63) is 77.9 Å². The molecule has 10 nitrogen and oxygen atoms in total. The Hall–Kier alpha value is -4.60. The van der Waals surface area contributed by atoms with E-state index >= 15 is 0 Å². The van der Waals surface area contributed by atoms with Crippen LogP contribution in [0, 0.1) is 0 Å². The molecule has 1 atom stereocenters. The second-order valence-corrected chi connectivity index (χ2v) is 10.3. The molecule has 0 unspecified atom stereocenters. The molecule has 1 aromatic heterocycles. The summed E-state index contributed by atoms with van der Waals surface area (Å²) < 4.78 is 17.9. The largest absolute Gasteiger partial charge is 0.497 e. The van der Waals surface area contributed by atoms with Gasteiger partial charge in [0.25, 0.3) is 0 Å². The molecular weight excluding hydrogens is 510 g/mol. The lowest BCUT2D eigenvalue weighted by molar-refractivity contribution is -0.143. The van der Waals surface area contributed by atoms with E-state index in [4.69, 9.17) is 14.2 Å². The average molecular weight is 544 g/mol. The molecule has 10 heteroatoms. The van der Waals surface area contributed by atoms with E-state index in [9.17, 15) is 9.59 Å². The second kappa shape index (κ2) is 11.3. The predicted molar refractivity (Wildman–Crippen MR) is 149 cm³/mol. The van der Waals surface area contributed by atoms with E-state index in [1.165, 1.54) is 0 Å². The smallest absolute Gasteiger partial charge is 0.247 e. The van der Waals surface area contributed by atoms with Crippen LogP contribution in [0.2, 0.25) is 0 Å². The monoisotopic (exact) mass is 543 g/mol. The summed E-state index contributed by atoms with van der Waals surface area (Å²) in [6.07, 6.45) is 0.717. The van der Waals surface area contributed by atoms with Crippen LogP contribution in [-0.4, -0.2) is 51.1 Å². The number of carbonyl (C=O) groups excluding carboxylic acids is 2. The molecule has 0 bridgehead atoms. The van der Waals surface area contributed by atoms with Gasteiger partial charge in [0, 0.05) is 12.1 Å². The van der Waals surface area contributed by atoms with Gasteiger partial charge in [-0.05, 0) is 67.8 Å². The number of benzene rings is 3. The lowest BCUT2D eigenvalue weighted by Crippen LogP contribution is -2.50. The van der Waals surface area contributed by atoms with E-state index in [1.54, 1.807) is 28.8 Å². The third kappa shape index (κ3) is 5.70. The lowest BCUT2D eigenvalue weighted by Gasteiger charge is -2.34. The Balaban J connectivity index is 1.56. The number of fused-ring (bicyclic) bond motifs is 2. The quantitative estimate of drug-likeness (QED) is 0.319. The molecule has 208 valence electrons. The maximum Gasteiger partial charge on any atom is 0.247 e. The van der Waals surface area contributed by atoms with Gasteiger partial charge in [0.15, 0.2) is 11.5 Å². The summed E-state index contributed by atoms with van der Waals surface area (Å²) in [5.41, 5.74) is 2.39. The third-order valence-electron chi connectivity index (χ3n) is 7.15. The summed E-state index contributed by atoms with van der Waals surface area (Å²) in [4.78, 5) is 29.7. The highest BCUT2D eigenvalue weighted by molar-refractivity contribution is 5.89. The van der Waals surface area contributed by atoms with Gasteiger partial charge in [0.05, 0.1) is 12.6 Å². The van der Waals surface area contributed by atoms with Crippen LogP contribution in [0.15, 0.2) is 66.7 Å². The highest BCUT2D eigenvalue weighted by Crippen LogP contribution is 2.34. The van der Waals surface area contributed by atoms with Crippen molar-refractivity contribution in [3.8, 4) is 17.2 Å². The van der Waals surface area contributed by atoms with Crippen molar-refractivity contribution in [1.29, 1.82) is 0 Å². The van der Waals surface area contributed by atoms with E-state index in [-0.39, 0.29) is 31.7 Å². The molecule has 5 rings (SSSR count). The summed E-state index contributed by atoms with van der Waals surface area (Å²) in [5, 5.41) is 11.5. The van der Waals surface area contributed by atoms with Gasteiger partial charge in [-0.2, -0.15) is 0 Å². The van der Waals surface area contributed by atoms with E-state index in [0.717, 1.165) is 17.5 Å². The topological polar surface area (TPSA) is 108 Å². The SMILES string of the molecule is CCC(C)(C)NC(=O)[C@H](c1ccc(OC)cc1)N(Cc1ccc2c(c1)OCO2)C(=O)Cn1nnc2ccccc21. The Morgan fingerprint density at radius 2 is 1.82 bits per heavy atom. The zero-order valence-corrected chi connectivity index (χ0v) is 23.1. The van der Waals surface area contributed by atoms with Crippen LogP contribution in [0.3, 0.4) is 0 Å². The van der Waals surface area contributed by atoms with Crippen molar-refractivity contribution in [2.24, 2.45) is 0 Å². The van der Waals surface area contributed by atoms with Gasteiger partial charge < -0.3 is 24.4 Å². The first-order valence-corrected chi connectivity index (χ1v) is 13.2. The Morgan fingerprint density at radius 3 is 2.58 bits per heavy atom. The van der Waals surface area contributed by atoms with Gasteiger partial charge >= 0.3 is 0 Å². The second-order valence-electron chi connectivity index (χ2n) is 10.3. The van der Waals surface area contributed by atoms with Crippen molar-refractivity contribution < 1.29 is 23.8 Å². The summed E-state index contributed by atoms with van der Waals surface area (Å²) in [6.45, 7) is 6.13. The number of para-hydroxylation sites is 1. The normalized spacial score (nSPS) is 13.2. The highest BCUT2D eigenvalue weighted by atomic mass is 16.7. The molecule has 1 aliphatic rings. The van der Waals surface area contributed by atoms with Crippen molar-refractivity contribution in [2.75, 3.05) is 13.9 Å². The fourth-order valence-electron chi connectivity index (χ4n) is 4.56. The van der Waals surface area contributed by atoms with E-state index in [2.05, 4.69) is 15.6 Å². The molecule has 0 fully saturated rings. The fourth-order valence-corrected chi connectivity index (χ4v) is 4.56. The van der Waals surface area contributed by atoms with Crippen molar-refractivity contribution >= 4 is 22.8 Å². The minimum atomic E-state index is -0.926. The molecule has 0 saturated carbocycles. The summed E-state index contributed by atoms with van der Waals surface area (Å²) in [6, 6.07) is 19.2. The zero-order valence-electron chi connectivity index (χ0n) is 23.1. The predicted octanol–water partition coefficient (Wildman–Crippen LogP) is 4.24. The number of nitrogens with zero attached hydrogens (tertiary/aromatic N) is 4.